The Balaban J connectivity index is 2.59. The summed E-state index contributed by atoms with van der Waals surface area (Å²) in [6.07, 6.45) is 2.75. The van der Waals surface area contributed by atoms with Crippen LogP contribution in [0.15, 0.2) is 18.3 Å². The summed E-state index contributed by atoms with van der Waals surface area (Å²) < 4.78 is 0. The number of hydrogen-bond acceptors (Lipinski definition) is 1. The number of hydrogen-bond donors (Lipinski definition) is 0. The Hall–Kier alpha value is -0.560. The van der Waals surface area contributed by atoms with Crippen molar-refractivity contribution >= 4 is 11.6 Å². The molecule has 1 aromatic heterocycles. The fourth-order valence-electron chi connectivity index (χ4n) is 1.05. The van der Waals surface area contributed by atoms with Crippen LogP contribution in [0.5, 0.6) is 0 Å². The molecule has 1 atom stereocenters. The van der Waals surface area contributed by atoms with Gasteiger partial charge in [-0.2, -0.15) is 0 Å². The molecular formula is C11H16ClN. The van der Waals surface area contributed by atoms with E-state index in [4.69, 9.17) is 11.6 Å². The first-order valence-electron chi connectivity index (χ1n) is 4.65. The second-order valence-electron chi connectivity index (χ2n) is 3.79. The Kier molecular flexibility index (Phi) is 3.73. The molecule has 0 aromatic carbocycles. The van der Waals surface area contributed by atoms with Crippen molar-refractivity contribution in [3.63, 3.8) is 0 Å². The zero-order valence-corrected chi connectivity index (χ0v) is 9.17. The van der Waals surface area contributed by atoms with Crippen LogP contribution in [0.25, 0.3) is 0 Å². The third-order valence-electron chi connectivity index (χ3n) is 2.10. The summed E-state index contributed by atoms with van der Waals surface area (Å²) in [5.41, 5.74) is 2.28. The van der Waals surface area contributed by atoms with Gasteiger partial charge in [-0.15, -0.1) is 11.6 Å². The van der Waals surface area contributed by atoms with Crippen molar-refractivity contribution < 1.29 is 0 Å². The smallest absolute Gasteiger partial charge is 0.0418 e. The predicted octanol–water partition coefficient (Wildman–Crippen LogP) is 3.20. The van der Waals surface area contributed by atoms with Crippen LogP contribution in [0.2, 0.25) is 0 Å². The summed E-state index contributed by atoms with van der Waals surface area (Å²) in [4.78, 5) is 4.32. The van der Waals surface area contributed by atoms with Gasteiger partial charge in [-0.1, -0.05) is 19.9 Å². The number of rotatable bonds is 3. The van der Waals surface area contributed by atoms with E-state index in [9.17, 15) is 0 Å². The lowest BCUT2D eigenvalue weighted by Crippen LogP contribution is -2.11. The van der Waals surface area contributed by atoms with Crippen molar-refractivity contribution in [2.75, 3.05) is 0 Å². The van der Waals surface area contributed by atoms with Gasteiger partial charge in [0.2, 0.25) is 0 Å². The van der Waals surface area contributed by atoms with E-state index in [0.717, 1.165) is 12.1 Å². The Morgan fingerprint density at radius 3 is 2.54 bits per heavy atom. The molecule has 0 saturated carbocycles. The molecule has 0 aliphatic heterocycles. The zero-order valence-electron chi connectivity index (χ0n) is 8.42. The van der Waals surface area contributed by atoms with Crippen LogP contribution < -0.4 is 0 Å². The third-order valence-corrected chi connectivity index (χ3v) is 2.76. The monoisotopic (exact) mass is 197 g/mol. The van der Waals surface area contributed by atoms with Gasteiger partial charge in [0.1, 0.15) is 0 Å². The van der Waals surface area contributed by atoms with Crippen molar-refractivity contribution in [1.29, 1.82) is 0 Å². The molecule has 0 aliphatic rings. The van der Waals surface area contributed by atoms with Crippen LogP contribution in [-0.4, -0.2) is 10.4 Å². The summed E-state index contributed by atoms with van der Waals surface area (Å²) in [7, 11) is 0. The van der Waals surface area contributed by atoms with Gasteiger partial charge in [-0.05, 0) is 24.5 Å². The number of alkyl halides is 1. The molecule has 0 saturated heterocycles. The quantitative estimate of drug-likeness (QED) is 0.679. The Bertz CT molecular complexity index is 253. The van der Waals surface area contributed by atoms with Crippen LogP contribution in [-0.2, 0) is 6.42 Å². The Labute approximate surface area is 85.1 Å². The molecule has 0 spiro atoms. The van der Waals surface area contributed by atoms with E-state index in [1.165, 1.54) is 5.56 Å². The molecule has 0 bridgehead atoms. The molecule has 0 fully saturated rings. The molecule has 1 nitrogen and oxygen atoms in total. The zero-order chi connectivity index (χ0) is 9.84. The van der Waals surface area contributed by atoms with E-state index in [0.29, 0.717) is 5.92 Å². The van der Waals surface area contributed by atoms with E-state index >= 15 is 0 Å². The van der Waals surface area contributed by atoms with Crippen molar-refractivity contribution in [2.45, 2.75) is 32.6 Å². The molecule has 1 aromatic rings. The summed E-state index contributed by atoms with van der Waals surface area (Å²) in [6, 6.07) is 4.12. The minimum Gasteiger partial charge on any atom is -0.261 e. The van der Waals surface area contributed by atoms with Gasteiger partial charge in [-0.3, -0.25) is 4.98 Å². The van der Waals surface area contributed by atoms with Gasteiger partial charge in [0.25, 0.3) is 0 Å². The fraction of sp³-hybridized carbons (Fsp3) is 0.545. The molecule has 0 radical (unpaired) electrons. The van der Waals surface area contributed by atoms with Crippen LogP contribution in [0.1, 0.15) is 25.1 Å². The van der Waals surface area contributed by atoms with Crippen molar-refractivity contribution in [3.05, 3.63) is 29.6 Å². The highest BCUT2D eigenvalue weighted by molar-refractivity contribution is 6.20. The second-order valence-corrected chi connectivity index (χ2v) is 4.35. The van der Waals surface area contributed by atoms with Crippen LogP contribution >= 0.6 is 11.6 Å². The standard InChI is InChI=1S/C11H16ClN/c1-8(2)11(12)6-10-5-4-9(3)7-13-10/h4-5,7-8,11H,6H2,1-3H3. The first-order chi connectivity index (χ1) is 6.09. The maximum Gasteiger partial charge on any atom is 0.0418 e. The molecule has 72 valence electrons. The van der Waals surface area contributed by atoms with Gasteiger partial charge < -0.3 is 0 Å². The molecule has 0 amide bonds. The number of nitrogens with zero attached hydrogens (tertiary/aromatic N) is 1. The highest BCUT2D eigenvalue weighted by Gasteiger charge is 2.10. The van der Waals surface area contributed by atoms with Crippen LogP contribution in [0.4, 0.5) is 0 Å². The van der Waals surface area contributed by atoms with E-state index in [1.807, 2.05) is 19.2 Å². The van der Waals surface area contributed by atoms with E-state index in [-0.39, 0.29) is 5.38 Å². The minimum atomic E-state index is 0.190. The van der Waals surface area contributed by atoms with Crippen LogP contribution in [0.3, 0.4) is 0 Å². The maximum absolute atomic E-state index is 6.15. The third kappa shape index (κ3) is 3.35. The summed E-state index contributed by atoms with van der Waals surface area (Å²) in [6.45, 7) is 6.30. The lowest BCUT2D eigenvalue weighted by molar-refractivity contribution is 0.591. The molecular weight excluding hydrogens is 182 g/mol. The van der Waals surface area contributed by atoms with Gasteiger partial charge in [0.05, 0.1) is 0 Å². The van der Waals surface area contributed by atoms with E-state index < -0.39 is 0 Å². The van der Waals surface area contributed by atoms with Gasteiger partial charge in [0.15, 0.2) is 0 Å². The number of pyridine rings is 1. The van der Waals surface area contributed by atoms with Gasteiger partial charge in [-0.25, -0.2) is 0 Å². The SMILES string of the molecule is Cc1ccc(CC(Cl)C(C)C)nc1. The summed E-state index contributed by atoms with van der Waals surface area (Å²) >= 11 is 6.15. The molecule has 2 heteroatoms. The normalized spacial score (nSPS) is 13.3. The van der Waals surface area contributed by atoms with Crippen molar-refractivity contribution in [3.8, 4) is 0 Å². The topological polar surface area (TPSA) is 12.9 Å². The second kappa shape index (κ2) is 4.61. The largest absolute Gasteiger partial charge is 0.261 e. The van der Waals surface area contributed by atoms with Crippen molar-refractivity contribution in [2.24, 2.45) is 5.92 Å². The maximum atomic E-state index is 6.15. The average molecular weight is 198 g/mol. The Morgan fingerprint density at radius 2 is 2.08 bits per heavy atom. The predicted molar refractivity (Wildman–Crippen MR) is 57.2 cm³/mol. The molecule has 1 heterocycles. The van der Waals surface area contributed by atoms with E-state index in [2.05, 4.69) is 24.9 Å². The van der Waals surface area contributed by atoms with Crippen molar-refractivity contribution in [1.82, 2.24) is 4.98 Å². The molecule has 1 unspecified atom stereocenters. The highest BCUT2D eigenvalue weighted by Crippen LogP contribution is 2.14. The van der Waals surface area contributed by atoms with Gasteiger partial charge >= 0.3 is 0 Å². The van der Waals surface area contributed by atoms with Gasteiger partial charge in [0, 0.05) is 23.7 Å². The van der Waals surface area contributed by atoms with Crippen LogP contribution in [0, 0.1) is 12.8 Å². The first-order valence-corrected chi connectivity index (χ1v) is 5.09. The molecule has 13 heavy (non-hydrogen) atoms. The lowest BCUT2D eigenvalue weighted by atomic mass is 10.1. The fourth-order valence-corrected chi connectivity index (χ4v) is 1.21. The minimum absolute atomic E-state index is 0.190. The highest BCUT2D eigenvalue weighted by atomic mass is 35.5. The molecule has 0 aliphatic carbocycles. The summed E-state index contributed by atoms with van der Waals surface area (Å²) in [5, 5.41) is 0.190. The number of aryl methyl sites for hydroxylation is 1. The Morgan fingerprint density at radius 1 is 1.38 bits per heavy atom. The number of aromatic nitrogens is 1. The number of halogens is 1. The first kappa shape index (κ1) is 10.5. The summed E-state index contributed by atoms with van der Waals surface area (Å²) in [5.74, 6) is 0.504. The molecule has 1 rings (SSSR count). The lowest BCUT2D eigenvalue weighted by Gasteiger charge is -2.12. The average Bonchev–Trinajstić information content (AvgIpc) is 2.08. The molecule has 0 N–H and O–H groups in total. The van der Waals surface area contributed by atoms with E-state index in [1.54, 1.807) is 0 Å².